The van der Waals surface area contributed by atoms with Crippen molar-refractivity contribution in [2.45, 2.75) is 37.0 Å². The van der Waals surface area contributed by atoms with Crippen LogP contribution in [0.2, 0.25) is 0 Å². The van der Waals surface area contributed by atoms with E-state index in [0.717, 1.165) is 0 Å². The van der Waals surface area contributed by atoms with E-state index < -0.39 is 43.6 Å². The molecule has 0 amide bonds. The van der Waals surface area contributed by atoms with E-state index in [1.165, 1.54) is 0 Å². The summed E-state index contributed by atoms with van der Waals surface area (Å²) >= 11 is 0. The van der Waals surface area contributed by atoms with E-state index in [0.29, 0.717) is 5.56 Å². The SMILES string of the molecule is OC[C@H]1O[C@@H](OC(O)c2ccccc2)[C@H](O)[C@@H](O)[C@@H]1O. The predicted molar refractivity (Wildman–Crippen MR) is 66.3 cm³/mol. The van der Waals surface area contributed by atoms with Crippen molar-refractivity contribution < 1.29 is 35.0 Å². The lowest BCUT2D eigenvalue weighted by Gasteiger charge is -2.40. The van der Waals surface area contributed by atoms with Crippen molar-refractivity contribution in [1.82, 2.24) is 0 Å². The lowest BCUT2D eigenvalue weighted by molar-refractivity contribution is -0.333. The summed E-state index contributed by atoms with van der Waals surface area (Å²) in [5.74, 6) is 0. The van der Waals surface area contributed by atoms with Crippen LogP contribution in [0, 0.1) is 0 Å². The van der Waals surface area contributed by atoms with Crippen molar-refractivity contribution in [3.63, 3.8) is 0 Å². The Bertz CT molecular complexity index is 410. The molecule has 0 spiro atoms. The summed E-state index contributed by atoms with van der Waals surface area (Å²) in [4.78, 5) is 0. The quantitative estimate of drug-likeness (QED) is 0.427. The van der Waals surface area contributed by atoms with Crippen LogP contribution in [0.5, 0.6) is 0 Å². The van der Waals surface area contributed by atoms with Crippen molar-refractivity contribution in [3.8, 4) is 0 Å². The first kappa shape index (κ1) is 15.3. The molecular formula is C13H18O7. The molecule has 6 atom stereocenters. The molecule has 2 rings (SSSR count). The van der Waals surface area contributed by atoms with Crippen molar-refractivity contribution in [2.75, 3.05) is 6.61 Å². The van der Waals surface area contributed by atoms with Gasteiger partial charge in [0.25, 0.3) is 0 Å². The largest absolute Gasteiger partial charge is 0.394 e. The topological polar surface area (TPSA) is 120 Å². The average molecular weight is 286 g/mol. The lowest BCUT2D eigenvalue weighted by atomic mass is 9.99. The number of hydrogen-bond acceptors (Lipinski definition) is 7. The fourth-order valence-corrected chi connectivity index (χ4v) is 2.00. The Labute approximate surface area is 115 Å². The van der Waals surface area contributed by atoms with Gasteiger partial charge in [-0.15, -0.1) is 0 Å². The van der Waals surface area contributed by atoms with Gasteiger partial charge in [0, 0.05) is 5.56 Å². The van der Waals surface area contributed by atoms with Crippen LogP contribution in [0.15, 0.2) is 30.3 Å². The molecule has 112 valence electrons. The number of hydrogen-bond donors (Lipinski definition) is 5. The first-order valence-electron chi connectivity index (χ1n) is 6.23. The molecule has 0 bridgehead atoms. The molecule has 1 aromatic rings. The maximum atomic E-state index is 9.88. The highest BCUT2D eigenvalue weighted by Crippen LogP contribution is 2.26. The van der Waals surface area contributed by atoms with Crippen LogP contribution >= 0.6 is 0 Å². The molecular weight excluding hydrogens is 268 g/mol. The molecule has 1 aliphatic heterocycles. The van der Waals surface area contributed by atoms with Gasteiger partial charge < -0.3 is 35.0 Å². The second-order valence-electron chi connectivity index (χ2n) is 4.60. The maximum absolute atomic E-state index is 9.88. The molecule has 1 heterocycles. The standard InChI is InChI=1S/C13H18O7/c14-6-8-9(15)10(16)11(17)13(19-8)20-12(18)7-4-2-1-3-5-7/h1-5,8-18H,6H2/t8-,9-,10+,11-,12?,13+/m1/s1. The summed E-state index contributed by atoms with van der Waals surface area (Å²) in [6, 6.07) is 8.41. The summed E-state index contributed by atoms with van der Waals surface area (Å²) in [6.07, 6.45) is -8.32. The van der Waals surface area contributed by atoms with E-state index in [-0.39, 0.29) is 0 Å². The number of benzene rings is 1. The van der Waals surface area contributed by atoms with Crippen molar-refractivity contribution in [1.29, 1.82) is 0 Å². The zero-order chi connectivity index (χ0) is 14.7. The molecule has 1 aromatic carbocycles. The Morgan fingerprint density at radius 3 is 2.30 bits per heavy atom. The molecule has 7 nitrogen and oxygen atoms in total. The molecule has 0 aliphatic carbocycles. The molecule has 1 unspecified atom stereocenters. The number of ether oxygens (including phenoxy) is 2. The van der Waals surface area contributed by atoms with E-state index in [4.69, 9.17) is 14.6 Å². The fraction of sp³-hybridized carbons (Fsp3) is 0.538. The van der Waals surface area contributed by atoms with Crippen LogP contribution in [-0.2, 0) is 9.47 Å². The highest BCUT2D eigenvalue weighted by atomic mass is 16.7. The molecule has 0 saturated carbocycles. The summed E-state index contributed by atoms with van der Waals surface area (Å²) in [5.41, 5.74) is 0.449. The minimum absolute atomic E-state index is 0.449. The van der Waals surface area contributed by atoms with Crippen molar-refractivity contribution >= 4 is 0 Å². The molecule has 1 saturated heterocycles. The van der Waals surface area contributed by atoms with Crippen LogP contribution in [-0.4, -0.2) is 62.8 Å². The van der Waals surface area contributed by atoms with Crippen LogP contribution in [0.25, 0.3) is 0 Å². The highest BCUT2D eigenvalue weighted by Gasteiger charge is 2.44. The van der Waals surface area contributed by atoms with Gasteiger partial charge in [-0.05, 0) is 0 Å². The van der Waals surface area contributed by atoms with E-state index >= 15 is 0 Å². The number of aliphatic hydroxyl groups excluding tert-OH is 5. The average Bonchev–Trinajstić information content (AvgIpc) is 2.48. The van der Waals surface area contributed by atoms with Gasteiger partial charge in [0.2, 0.25) is 0 Å². The van der Waals surface area contributed by atoms with Gasteiger partial charge in [-0.1, -0.05) is 30.3 Å². The number of rotatable bonds is 4. The first-order valence-corrected chi connectivity index (χ1v) is 6.23. The summed E-state index contributed by atoms with van der Waals surface area (Å²) < 4.78 is 10.3. The summed E-state index contributed by atoms with van der Waals surface area (Å²) in [5, 5.41) is 47.9. The van der Waals surface area contributed by atoms with Crippen LogP contribution in [0.1, 0.15) is 11.9 Å². The van der Waals surface area contributed by atoms with E-state index in [9.17, 15) is 20.4 Å². The number of aliphatic hydroxyl groups is 5. The normalized spacial score (nSPS) is 35.8. The zero-order valence-corrected chi connectivity index (χ0v) is 10.6. The van der Waals surface area contributed by atoms with Gasteiger partial charge in [0.05, 0.1) is 6.61 Å². The summed E-state index contributed by atoms with van der Waals surface area (Å²) in [7, 11) is 0. The Morgan fingerprint density at radius 2 is 1.70 bits per heavy atom. The minimum atomic E-state index is -1.54. The lowest BCUT2D eigenvalue weighted by Crippen LogP contribution is -2.59. The third-order valence-electron chi connectivity index (χ3n) is 3.20. The Kier molecular flexibility index (Phi) is 5.06. The Morgan fingerprint density at radius 1 is 1.05 bits per heavy atom. The van der Waals surface area contributed by atoms with Gasteiger partial charge in [-0.2, -0.15) is 0 Å². The molecule has 1 aliphatic rings. The summed E-state index contributed by atoms with van der Waals surface area (Å²) in [6.45, 7) is -0.549. The van der Waals surface area contributed by atoms with Gasteiger partial charge in [-0.3, -0.25) is 0 Å². The van der Waals surface area contributed by atoms with Crippen molar-refractivity contribution in [3.05, 3.63) is 35.9 Å². The smallest absolute Gasteiger partial charge is 0.190 e. The Hall–Kier alpha value is -1.06. The molecule has 0 radical (unpaired) electrons. The van der Waals surface area contributed by atoms with Gasteiger partial charge in [-0.25, -0.2) is 0 Å². The van der Waals surface area contributed by atoms with E-state index in [2.05, 4.69) is 0 Å². The molecule has 5 N–H and O–H groups in total. The molecule has 20 heavy (non-hydrogen) atoms. The second-order valence-corrected chi connectivity index (χ2v) is 4.60. The third kappa shape index (κ3) is 3.15. The van der Waals surface area contributed by atoms with E-state index in [1.54, 1.807) is 30.3 Å². The minimum Gasteiger partial charge on any atom is -0.394 e. The van der Waals surface area contributed by atoms with Crippen LogP contribution in [0.4, 0.5) is 0 Å². The van der Waals surface area contributed by atoms with Crippen LogP contribution < -0.4 is 0 Å². The molecule has 7 heteroatoms. The van der Waals surface area contributed by atoms with Crippen molar-refractivity contribution in [2.24, 2.45) is 0 Å². The predicted octanol–water partition coefficient (Wildman–Crippen LogP) is -1.51. The van der Waals surface area contributed by atoms with E-state index in [1.807, 2.05) is 0 Å². The van der Waals surface area contributed by atoms with Gasteiger partial charge >= 0.3 is 0 Å². The first-order chi connectivity index (χ1) is 9.54. The van der Waals surface area contributed by atoms with Crippen LogP contribution in [0.3, 0.4) is 0 Å². The van der Waals surface area contributed by atoms with Gasteiger partial charge in [0.1, 0.15) is 24.4 Å². The fourth-order valence-electron chi connectivity index (χ4n) is 2.00. The second kappa shape index (κ2) is 6.59. The zero-order valence-electron chi connectivity index (χ0n) is 10.6. The Balaban J connectivity index is 2.04. The highest BCUT2D eigenvalue weighted by molar-refractivity contribution is 5.15. The molecule has 0 aromatic heterocycles. The third-order valence-corrected chi connectivity index (χ3v) is 3.20. The van der Waals surface area contributed by atoms with Gasteiger partial charge in [0.15, 0.2) is 12.6 Å². The monoisotopic (exact) mass is 286 g/mol. The maximum Gasteiger partial charge on any atom is 0.190 e. The molecule has 1 fully saturated rings.